The van der Waals surface area contributed by atoms with Crippen molar-refractivity contribution in [2.45, 2.75) is 76.2 Å². The highest BCUT2D eigenvalue weighted by atomic mass is 16.7. The van der Waals surface area contributed by atoms with E-state index >= 15 is 0 Å². The van der Waals surface area contributed by atoms with Crippen molar-refractivity contribution >= 4 is 11.9 Å². The number of carboxylic acids is 1. The average Bonchev–Trinajstić information content (AvgIpc) is 3.50. The number of aliphatic hydroxyl groups excluding tert-OH is 1. The van der Waals surface area contributed by atoms with Crippen molar-refractivity contribution in [1.29, 1.82) is 0 Å². The van der Waals surface area contributed by atoms with Gasteiger partial charge in [0.2, 0.25) is 5.91 Å². The average molecular weight is 617 g/mol. The van der Waals surface area contributed by atoms with Crippen LogP contribution in [0.1, 0.15) is 73.2 Å². The number of ether oxygens (including phenoxy) is 3. The van der Waals surface area contributed by atoms with Gasteiger partial charge in [-0.2, -0.15) is 0 Å². The molecule has 9 nitrogen and oxygen atoms in total. The number of hydrogen-bond donors (Lipinski definition) is 3. The molecule has 3 aromatic rings. The summed E-state index contributed by atoms with van der Waals surface area (Å²) in [5.41, 5.74) is 5.84. The Morgan fingerprint density at radius 2 is 1.73 bits per heavy atom. The number of nitrogens with one attached hydrogen (secondary N) is 1. The van der Waals surface area contributed by atoms with E-state index in [1.807, 2.05) is 54.6 Å². The van der Waals surface area contributed by atoms with Gasteiger partial charge in [-0.15, -0.1) is 0 Å². The van der Waals surface area contributed by atoms with Gasteiger partial charge in [-0.1, -0.05) is 60.7 Å². The summed E-state index contributed by atoms with van der Waals surface area (Å²) in [6, 6.07) is 24.6. The number of carbonyl (C=O) groups excluding carboxylic acids is 1. The topological polar surface area (TPSA) is 118 Å². The van der Waals surface area contributed by atoms with Crippen molar-refractivity contribution in [2.24, 2.45) is 0 Å². The third-order valence-corrected chi connectivity index (χ3v) is 8.61. The summed E-state index contributed by atoms with van der Waals surface area (Å²) < 4.78 is 18.8. The largest absolute Gasteiger partial charge is 0.481 e. The molecule has 4 atom stereocenters. The highest BCUT2D eigenvalue weighted by Crippen LogP contribution is 2.39. The van der Waals surface area contributed by atoms with Crippen LogP contribution in [0.3, 0.4) is 0 Å². The molecule has 0 unspecified atom stereocenters. The van der Waals surface area contributed by atoms with Crippen LogP contribution in [-0.2, 0) is 37.0 Å². The zero-order chi connectivity index (χ0) is 31.6. The number of benzene rings is 3. The van der Waals surface area contributed by atoms with Crippen molar-refractivity contribution in [3.05, 3.63) is 95.1 Å². The van der Waals surface area contributed by atoms with Crippen molar-refractivity contribution in [3.63, 3.8) is 0 Å². The van der Waals surface area contributed by atoms with Crippen LogP contribution in [0, 0.1) is 0 Å². The number of methoxy groups -OCH3 is 1. The Hall–Kier alpha value is -3.60. The number of likely N-dealkylation sites (tertiary alicyclic amines) is 1. The van der Waals surface area contributed by atoms with E-state index in [-0.39, 0.29) is 37.6 Å². The summed E-state index contributed by atoms with van der Waals surface area (Å²) >= 11 is 0. The molecule has 0 bridgehead atoms. The summed E-state index contributed by atoms with van der Waals surface area (Å²) in [6.45, 7) is 2.93. The summed E-state index contributed by atoms with van der Waals surface area (Å²) in [5.74, 6) is -1.06. The van der Waals surface area contributed by atoms with Crippen molar-refractivity contribution in [3.8, 4) is 11.1 Å². The van der Waals surface area contributed by atoms with Crippen LogP contribution in [0.5, 0.6) is 0 Å². The summed E-state index contributed by atoms with van der Waals surface area (Å²) in [6.07, 6.45) is 2.76. The minimum Gasteiger partial charge on any atom is -0.481 e. The number of nitrogens with zero attached hydrogens (tertiary/aromatic N) is 1. The normalized spacial score (nSPS) is 21.9. The Balaban J connectivity index is 1.31. The predicted octanol–water partition coefficient (Wildman–Crippen LogP) is 5.37. The fourth-order valence-corrected chi connectivity index (χ4v) is 6.23. The maximum absolute atomic E-state index is 12.2. The Morgan fingerprint density at radius 3 is 2.49 bits per heavy atom. The number of aliphatic hydroxyl groups is 1. The molecule has 0 radical (unpaired) electrons. The molecule has 1 amide bonds. The first-order valence-corrected chi connectivity index (χ1v) is 15.8. The molecule has 240 valence electrons. The third kappa shape index (κ3) is 9.22. The van der Waals surface area contributed by atoms with Crippen LogP contribution in [0.2, 0.25) is 0 Å². The van der Waals surface area contributed by atoms with Crippen LogP contribution < -0.4 is 5.32 Å². The lowest BCUT2D eigenvalue weighted by Gasteiger charge is -2.39. The molecule has 2 aliphatic heterocycles. The van der Waals surface area contributed by atoms with Crippen molar-refractivity contribution in [1.82, 2.24) is 10.2 Å². The molecule has 9 heteroatoms. The third-order valence-electron chi connectivity index (χ3n) is 8.61. The molecule has 5 rings (SSSR count). The minimum atomic E-state index is -0.896. The smallest absolute Gasteiger partial charge is 0.303 e. The van der Waals surface area contributed by atoms with Gasteiger partial charge in [0, 0.05) is 51.1 Å². The molecular formula is C36H44N2O7. The maximum atomic E-state index is 12.2. The van der Waals surface area contributed by atoms with Gasteiger partial charge in [0.15, 0.2) is 6.29 Å². The van der Waals surface area contributed by atoms with E-state index in [1.54, 1.807) is 7.11 Å². The van der Waals surface area contributed by atoms with Gasteiger partial charge >= 0.3 is 5.97 Å². The second kappa shape index (κ2) is 16.1. The number of aliphatic carboxylic acids is 1. The molecule has 0 aliphatic carbocycles. The van der Waals surface area contributed by atoms with E-state index in [0.717, 1.165) is 65.7 Å². The fourth-order valence-electron chi connectivity index (χ4n) is 6.23. The molecule has 2 aliphatic rings. The van der Waals surface area contributed by atoms with Gasteiger partial charge in [-0.05, 0) is 65.8 Å². The van der Waals surface area contributed by atoms with Crippen molar-refractivity contribution in [2.75, 3.05) is 26.8 Å². The van der Waals surface area contributed by atoms with Gasteiger partial charge in [0.05, 0.1) is 25.4 Å². The van der Waals surface area contributed by atoms with E-state index in [9.17, 15) is 14.7 Å². The highest BCUT2D eigenvalue weighted by Gasteiger charge is 2.35. The molecule has 45 heavy (non-hydrogen) atoms. The molecule has 3 N–H and O–H groups in total. The molecule has 0 saturated carbocycles. The Labute approximate surface area is 265 Å². The lowest BCUT2D eigenvalue weighted by Crippen LogP contribution is -2.42. The molecule has 2 heterocycles. The number of carboxylic acid groups (broad SMARTS) is 1. The van der Waals surface area contributed by atoms with Gasteiger partial charge < -0.3 is 29.7 Å². The zero-order valence-electron chi connectivity index (χ0n) is 25.9. The molecule has 2 fully saturated rings. The molecule has 3 aromatic carbocycles. The zero-order valence-corrected chi connectivity index (χ0v) is 25.9. The fraction of sp³-hybridized carbons (Fsp3) is 0.444. The predicted molar refractivity (Wildman–Crippen MR) is 170 cm³/mol. The number of carbonyl (C=O) groups is 2. The first-order valence-electron chi connectivity index (χ1n) is 15.8. The standard InChI is InChI=1S/C36H44N2O7/c1-43-24-31-10-5-17-38(31)22-32-20-33(27-15-13-25(23-39)14-16-27)45-36(44-32)30-9-3-8-29(19-30)28-7-2-6-26(18-28)21-37-34(40)11-4-12-35(41)42/h2-3,6-9,13-16,18-19,31-33,36,39H,4-5,10-12,17,20-24H2,1H3,(H,37,40)(H,41,42)/t31-,32-,33+,36+/m0/s1. The van der Waals surface area contributed by atoms with Gasteiger partial charge in [0.1, 0.15) is 0 Å². The second-order valence-corrected chi connectivity index (χ2v) is 11.9. The SMILES string of the molecule is COC[C@@H]1CCCN1C[C@@H]1C[C@H](c2ccc(CO)cc2)O[C@H](c2cccc(-c3cccc(CNC(=O)CCCC(=O)O)c3)c2)O1. The summed E-state index contributed by atoms with van der Waals surface area (Å²) in [7, 11) is 1.76. The second-order valence-electron chi connectivity index (χ2n) is 11.9. The maximum Gasteiger partial charge on any atom is 0.303 e. The van der Waals surface area contributed by atoms with Crippen LogP contribution in [-0.4, -0.2) is 65.9 Å². The van der Waals surface area contributed by atoms with Crippen LogP contribution in [0.4, 0.5) is 0 Å². The number of rotatable bonds is 14. The van der Waals surface area contributed by atoms with Gasteiger partial charge in [0.25, 0.3) is 0 Å². The molecule has 0 aromatic heterocycles. The van der Waals surface area contributed by atoms with Crippen LogP contribution in [0.15, 0.2) is 72.8 Å². The molecule has 0 spiro atoms. The number of hydrogen-bond acceptors (Lipinski definition) is 7. The molecule has 2 saturated heterocycles. The van der Waals surface area contributed by atoms with E-state index in [1.165, 1.54) is 0 Å². The molecular weight excluding hydrogens is 572 g/mol. The lowest BCUT2D eigenvalue weighted by molar-refractivity contribution is -0.253. The van der Waals surface area contributed by atoms with E-state index in [2.05, 4.69) is 28.4 Å². The van der Waals surface area contributed by atoms with Crippen LogP contribution in [0.25, 0.3) is 11.1 Å². The van der Waals surface area contributed by atoms with Gasteiger partial charge in [-0.3, -0.25) is 14.5 Å². The van der Waals surface area contributed by atoms with E-state index in [4.69, 9.17) is 19.3 Å². The summed E-state index contributed by atoms with van der Waals surface area (Å²) in [5, 5.41) is 21.2. The Kier molecular flexibility index (Phi) is 11.7. The van der Waals surface area contributed by atoms with Gasteiger partial charge in [-0.25, -0.2) is 0 Å². The monoisotopic (exact) mass is 616 g/mol. The van der Waals surface area contributed by atoms with E-state index < -0.39 is 12.3 Å². The first-order chi connectivity index (χ1) is 21.9. The summed E-state index contributed by atoms with van der Waals surface area (Å²) in [4.78, 5) is 25.4. The number of amides is 1. The highest BCUT2D eigenvalue weighted by molar-refractivity contribution is 5.76. The van der Waals surface area contributed by atoms with Crippen molar-refractivity contribution < 1.29 is 34.0 Å². The first kappa shape index (κ1) is 32.8. The minimum absolute atomic E-state index is 0.00314. The Morgan fingerprint density at radius 1 is 0.956 bits per heavy atom. The Bertz CT molecular complexity index is 1410. The van der Waals surface area contributed by atoms with E-state index in [0.29, 0.717) is 25.6 Å². The van der Waals surface area contributed by atoms with Crippen LogP contribution >= 0.6 is 0 Å². The quantitative estimate of drug-likeness (QED) is 0.221. The lowest BCUT2D eigenvalue weighted by atomic mass is 9.98.